The van der Waals surface area contributed by atoms with E-state index in [4.69, 9.17) is 4.42 Å². The Hall–Kier alpha value is -8.40. The predicted octanol–water partition coefficient (Wildman–Crippen LogP) is 16.8. The minimum absolute atomic E-state index is 0.906. The molecule has 296 valence electrons. The maximum Gasteiger partial charge on any atom is 0.143 e. The molecule has 0 saturated heterocycles. The molecule has 0 aliphatic rings. The van der Waals surface area contributed by atoms with Gasteiger partial charge in [-0.05, 0) is 88.5 Å². The molecule has 3 nitrogen and oxygen atoms in total. The van der Waals surface area contributed by atoms with E-state index >= 15 is 0 Å². The van der Waals surface area contributed by atoms with Gasteiger partial charge in [-0.2, -0.15) is 0 Å². The van der Waals surface area contributed by atoms with E-state index in [1.165, 1.54) is 32.9 Å². The molecule has 0 saturated carbocycles. The van der Waals surface area contributed by atoms with E-state index in [9.17, 15) is 0 Å². The van der Waals surface area contributed by atoms with Crippen molar-refractivity contribution in [2.45, 2.75) is 0 Å². The number of nitrogens with zero attached hydrogens (tertiary/aromatic N) is 2. The van der Waals surface area contributed by atoms with Crippen LogP contribution in [0.1, 0.15) is 0 Å². The number of rotatable bonds is 8. The standard InChI is InChI=1S/C60H40N2O/c1-2-16-42(17-3-1)48-20-4-9-27-55(48)61(46-36-32-41(33-37-46)44-18-14-19-45(40-44)50-25-15-26-54-53-24-8-13-31-59(53)63-60(50)54)47-38-34-43(35-39-47)49-21-5-10-28-56(49)62-57-29-11-6-22-51(57)52-23-7-12-30-58(52)62/h1-40H. The zero-order valence-electron chi connectivity index (χ0n) is 34.4. The maximum absolute atomic E-state index is 6.43. The Morgan fingerprint density at radius 3 is 1.57 bits per heavy atom. The summed E-state index contributed by atoms with van der Waals surface area (Å²) >= 11 is 0. The third-order valence-corrected chi connectivity index (χ3v) is 12.4. The molecule has 12 aromatic rings. The number of para-hydroxylation sites is 6. The average Bonchev–Trinajstić information content (AvgIpc) is 3.91. The largest absolute Gasteiger partial charge is 0.455 e. The van der Waals surface area contributed by atoms with Crippen molar-refractivity contribution in [1.29, 1.82) is 0 Å². The summed E-state index contributed by atoms with van der Waals surface area (Å²) in [6.45, 7) is 0. The van der Waals surface area contributed by atoms with E-state index in [-0.39, 0.29) is 0 Å². The summed E-state index contributed by atoms with van der Waals surface area (Å²) in [6, 6.07) is 87.0. The lowest BCUT2D eigenvalue weighted by molar-refractivity contribution is 0.670. The molecule has 12 rings (SSSR count). The van der Waals surface area contributed by atoms with Crippen LogP contribution in [0.2, 0.25) is 0 Å². The Balaban J connectivity index is 0.945. The van der Waals surface area contributed by atoms with Crippen LogP contribution in [0.25, 0.3) is 93.9 Å². The smallest absolute Gasteiger partial charge is 0.143 e. The number of fused-ring (bicyclic) bond motifs is 6. The number of benzene rings is 10. The van der Waals surface area contributed by atoms with Gasteiger partial charge in [0.05, 0.1) is 22.4 Å². The Labute approximate surface area is 366 Å². The zero-order chi connectivity index (χ0) is 41.7. The first kappa shape index (κ1) is 36.5. The van der Waals surface area contributed by atoms with Gasteiger partial charge in [-0.3, -0.25) is 0 Å². The predicted molar refractivity (Wildman–Crippen MR) is 264 cm³/mol. The second-order valence-electron chi connectivity index (χ2n) is 16.1. The first-order valence-electron chi connectivity index (χ1n) is 21.5. The molecule has 0 radical (unpaired) electrons. The molecule has 63 heavy (non-hydrogen) atoms. The van der Waals surface area contributed by atoms with Gasteiger partial charge in [0, 0.05) is 49.6 Å². The van der Waals surface area contributed by atoms with E-state index in [0.717, 1.165) is 78.1 Å². The lowest BCUT2D eigenvalue weighted by Crippen LogP contribution is -2.11. The van der Waals surface area contributed by atoms with Gasteiger partial charge >= 0.3 is 0 Å². The maximum atomic E-state index is 6.43. The molecule has 0 bridgehead atoms. The lowest BCUT2D eigenvalue weighted by atomic mass is 9.97. The number of furan rings is 1. The summed E-state index contributed by atoms with van der Waals surface area (Å²) in [5, 5.41) is 4.78. The Bertz CT molecular complexity index is 3560. The molecular formula is C60H40N2O. The molecule has 3 heteroatoms. The minimum Gasteiger partial charge on any atom is -0.455 e. The van der Waals surface area contributed by atoms with Crippen molar-refractivity contribution in [1.82, 2.24) is 4.57 Å². The first-order chi connectivity index (χ1) is 31.3. The highest BCUT2D eigenvalue weighted by molar-refractivity contribution is 6.11. The Morgan fingerprint density at radius 1 is 0.317 bits per heavy atom. The van der Waals surface area contributed by atoms with Gasteiger partial charge in [0.1, 0.15) is 11.2 Å². The van der Waals surface area contributed by atoms with Crippen LogP contribution in [0.15, 0.2) is 247 Å². The van der Waals surface area contributed by atoms with Crippen molar-refractivity contribution in [2.24, 2.45) is 0 Å². The summed E-state index contributed by atoms with van der Waals surface area (Å²) in [5.74, 6) is 0. The van der Waals surface area contributed by atoms with Crippen LogP contribution < -0.4 is 4.90 Å². The molecule has 2 aromatic heterocycles. The van der Waals surface area contributed by atoms with E-state index in [0.29, 0.717) is 0 Å². The lowest BCUT2D eigenvalue weighted by Gasteiger charge is -2.28. The van der Waals surface area contributed by atoms with Crippen molar-refractivity contribution in [2.75, 3.05) is 4.90 Å². The fourth-order valence-electron chi connectivity index (χ4n) is 9.49. The van der Waals surface area contributed by atoms with Gasteiger partial charge in [-0.25, -0.2) is 0 Å². The molecule has 0 fully saturated rings. The van der Waals surface area contributed by atoms with Gasteiger partial charge in [-0.15, -0.1) is 0 Å². The van der Waals surface area contributed by atoms with Crippen LogP contribution in [0.5, 0.6) is 0 Å². The highest BCUT2D eigenvalue weighted by Crippen LogP contribution is 2.43. The van der Waals surface area contributed by atoms with Crippen LogP contribution in [-0.4, -0.2) is 4.57 Å². The summed E-state index contributed by atoms with van der Waals surface area (Å²) in [7, 11) is 0. The molecule has 0 aliphatic heterocycles. The third-order valence-electron chi connectivity index (χ3n) is 12.4. The third kappa shape index (κ3) is 6.29. The van der Waals surface area contributed by atoms with Crippen LogP contribution >= 0.6 is 0 Å². The molecule has 0 amide bonds. The van der Waals surface area contributed by atoms with Crippen LogP contribution in [-0.2, 0) is 0 Å². The second-order valence-corrected chi connectivity index (χ2v) is 16.1. The first-order valence-corrected chi connectivity index (χ1v) is 21.5. The molecule has 0 N–H and O–H groups in total. The summed E-state index contributed by atoms with van der Waals surface area (Å²) in [5.41, 5.74) is 17.8. The molecule has 0 atom stereocenters. The quantitative estimate of drug-likeness (QED) is 0.153. The topological polar surface area (TPSA) is 21.3 Å². The van der Waals surface area contributed by atoms with Gasteiger partial charge < -0.3 is 13.9 Å². The normalized spacial score (nSPS) is 11.5. The van der Waals surface area contributed by atoms with Gasteiger partial charge in [-0.1, -0.05) is 182 Å². The van der Waals surface area contributed by atoms with Crippen molar-refractivity contribution in [3.8, 4) is 50.2 Å². The Kier molecular flexibility index (Phi) is 8.83. The molecular weight excluding hydrogens is 765 g/mol. The fraction of sp³-hybridized carbons (Fsp3) is 0. The van der Waals surface area contributed by atoms with Crippen molar-refractivity contribution in [3.05, 3.63) is 243 Å². The molecule has 2 heterocycles. The SMILES string of the molecule is c1ccc(-c2ccccc2N(c2ccc(-c3cccc(-c4cccc5c4oc4ccccc45)c3)cc2)c2ccc(-c3ccccc3-n3c4ccccc4c4ccccc43)cc2)cc1. The molecule has 0 aliphatic carbocycles. The molecule has 10 aromatic carbocycles. The summed E-state index contributed by atoms with van der Waals surface area (Å²) < 4.78 is 8.84. The summed E-state index contributed by atoms with van der Waals surface area (Å²) in [4.78, 5) is 2.38. The highest BCUT2D eigenvalue weighted by atomic mass is 16.3. The number of anilines is 3. The number of aromatic nitrogens is 1. The zero-order valence-corrected chi connectivity index (χ0v) is 34.4. The van der Waals surface area contributed by atoms with Gasteiger partial charge in [0.2, 0.25) is 0 Å². The van der Waals surface area contributed by atoms with E-state index in [1.54, 1.807) is 0 Å². The Morgan fingerprint density at radius 2 is 0.825 bits per heavy atom. The van der Waals surface area contributed by atoms with Gasteiger partial charge in [0.15, 0.2) is 0 Å². The van der Waals surface area contributed by atoms with E-state index in [2.05, 4.69) is 240 Å². The van der Waals surface area contributed by atoms with E-state index in [1.807, 2.05) is 12.1 Å². The fourth-order valence-corrected chi connectivity index (χ4v) is 9.49. The minimum atomic E-state index is 0.906. The molecule has 0 unspecified atom stereocenters. The van der Waals surface area contributed by atoms with Crippen molar-refractivity contribution < 1.29 is 4.42 Å². The summed E-state index contributed by atoms with van der Waals surface area (Å²) in [6.07, 6.45) is 0. The van der Waals surface area contributed by atoms with Crippen molar-refractivity contribution in [3.63, 3.8) is 0 Å². The van der Waals surface area contributed by atoms with Crippen molar-refractivity contribution >= 4 is 60.8 Å². The van der Waals surface area contributed by atoms with Crippen LogP contribution in [0.3, 0.4) is 0 Å². The number of hydrogen-bond donors (Lipinski definition) is 0. The average molecular weight is 805 g/mol. The molecule has 0 spiro atoms. The van der Waals surface area contributed by atoms with E-state index < -0.39 is 0 Å². The monoisotopic (exact) mass is 804 g/mol. The second kappa shape index (κ2) is 15.3. The van der Waals surface area contributed by atoms with Crippen LogP contribution in [0.4, 0.5) is 17.1 Å². The number of hydrogen-bond acceptors (Lipinski definition) is 2. The highest BCUT2D eigenvalue weighted by Gasteiger charge is 2.20. The van der Waals surface area contributed by atoms with Gasteiger partial charge in [0.25, 0.3) is 0 Å². The van der Waals surface area contributed by atoms with Crippen LogP contribution in [0, 0.1) is 0 Å².